The Balaban J connectivity index is 2.39. The van der Waals surface area contributed by atoms with Crippen LogP contribution in [0.15, 0.2) is 18.3 Å². The molecule has 0 aliphatic carbocycles. The number of hydrogen-bond acceptors (Lipinski definition) is 3. The highest BCUT2D eigenvalue weighted by molar-refractivity contribution is 5.25. The summed E-state index contributed by atoms with van der Waals surface area (Å²) in [6.45, 7) is 4.01. The number of nitrogens with one attached hydrogen (secondary N) is 1. The molecule has 0 aliphatic heterocycles. The van der Waals surface area contributed by atoms with Gasteiger partial charge in [-0.3, -0.25) is 0 Å². The number of aromatic nitrogens is 1. The Hall–Kier alpha value is -1.40. The quantitative estimate of drug-likeness (QED) is 0.719. The third-order valence-corrected chi connectivity index (χ3v) is 1.98. The molecule has 0 saturated heterocycles. The van der Waals surface area contributed by atoms with Crippen molar-refractivity contribution in [3.8, 4) is 6.07 Å². The summed E-state index contributed by atoms with van der Waals surface area (Å²) in [4.78, 5) is 3.91. The van der Waals surface area contributed by atoms with Gasteiger partial charge < -0.3 is 5.32 Å². The lowest BCUT2D eigenvalue weighted by molar-refractivity contribution is 0.641. The maximum absolute atomic E-state index is 8.64. The zero-order valence-electron chi connectivity index (χ0n) is 8.45. The fraction of sp³-hybridized carbons (Fsp3) is 0.455. The molecule has 14 heavy (non-hydrogen) atoms. The Morgan fingerprint density at radius 3 is 3.14 bits per heavy atom. The molecule has 1 aromatic heterocycles. The van der Waals surface area contributed by atoms with Crippen LogP contribution < -0.4 is 5.32 Å². The van der Waals surface area contributed by atoms with E-state index in [2.05, 4.69) is 17.2 Å². The lowest BCUT2D eigenvalue weighted by atomic mass is 10.2. The van der Waals surface area contributed by atoms with Crippen LogP contribution in [0, 0.1) is 11.3 Å². The number of pyridine rings is 1. The zero-order chi connectivity index (χ0) is 10.2. The molecular weight excluding hydrogens is 174 g/mol. The van der Waals surface area contributed by atoms with Crippen LogP contribution in [0.5, 0.6) is 0 Å². The van der Waals surface area contributed by atoms with Gasteiger partial charge in [0.15, 0.2) is 0 Å². The number of unbranched alkanes of at least 4 members (excludes halogenated alkanes) is 1. The van der Waals surface area contributed by atoms with Crippen molar-refractivity contribution in [2.75, 3.05) is 6.54 Å². The molecule has 0 saturated carbocycles. The topological polar surface area (TPSA) is 48.7 Å². The largest absolute Gasteiger partial charge is 0.313 e. The fourth-order valence-corrected chi connectivity index (χ4v) is 1.18. The van der Waals surface area contributed by atoms with Gasteiger partial charge in [0, 0.05) is 12.7 Å². The fourth-order valence-electron chi connectivity index (χ4n) is 1.18. The first kappa shape index (κ1) is 10.7. The summed E-state index contributed by atoms with van der Waals surface area (Å²) in [5.41, 5.74) is 1.60. The van der Waals surface area contributed by atoms with Gasteiger partial charge in [-0.25, -0.2) is 4.98 Å². The highest BCUT2D eigenvalue weighted by Gasteiger charge is 1.95. The van der Waals surface area contributed by atoms with Crippen molar-refractivity contribution in [3.05, 3.63) is 29.6 Å². The molecule has 74 valence electrons. The summed E-state index contributed by atoms with van der Waals surface area (Å²) in [5, 5.41) is 12.0. The van der Waals surface area contributed by atoms with Crippen molar-refractivity contribution in [3.63, 3.8) is 0 Å². The van der Waals surface area contributed by atoms with Gasteiger partial charge >= 0.3 is 0 Å². The second-order valence-corrected chi connectivity index (χ2v) is 3.19. The third-order valence-electron chi connectivity index (χ3n) is 1.98. The average molecular weight is 189 g/mol. The lowest BCUT2D eigenvalue weighted by Gasteiger charge is -2.03. The molecule has 0 fully saturated rings. The van der Waals surface area contributed by atoms with Crippen molar-refractivity contribution in [1.29, 1.82) is 5.26 Å². The number of nitrogens with zero attached hydrogens (tertiary/aromatic N) is 2. The smallest absolute Gasteiger partial charge is 0.140 e. The zero-order valence-corrected chi connectivity index (χ0v) is 8.45. The van der Waals surface area contributed by atoms with E-state index >= 15 is 0 Å². The van der Waals surface area contributed by atoms with Crippen LogP contribution >= 0.6 is 0 Å². The summed E-state index contributed by atoms with van der Waals surface area (Å²) in [6, 6.07) is 5.78. The number of rotatable bonds is 5. The Bertz CT molecular complexity index is 315. The predicted octanol–water partition coefficient (Wildman–Crippen LogP) is 1.84. The summed E-state index contributed by atoms with van der Waals surface area (Å²) in [5.74, 6) is 0. The van der Waals surface area contributed by atoms with Crippen molar-refractivity contribution >= 4 is 0 Å². The Morgan fingerprint density at radius 2 is 2.43 bits per heavy atom. The second-order valence-electron chi connectivity index (χ2n) is 3.19. The van der Waals surface area contributed by atoms with Crippen molar-refractivity contribution < 1.29 is 0 Å². The summed E-state index contributed by atoms with van der Waals surface area (Å²) < 4.78 is 0. The molecule has 1 heterocycles. The molecule has 1 aromatic rings. The van der Waals surface area contributed by atoms with E-state index in [0.717, 1.165) is 18.7 Å². The van der Waals surface area contributed by atoms with Gasteiger partial charge in [-0.15, -0.1) is 0 Å². The predicted molar refractivity (Wildman–Crippen MR) is 55.6 cm³/mol. The van der Waals surface area contributed by atoms with E-state index in [0.29, 0.717) is 5.69 Å². The third kappa shape index (κ3) is 3.55. The van der Waals surface area contributed by atoms with Crippen LogP contribution in [0.4, 0.5) is 0 Å². The lowest BCUT2D eigenvalue weighted by Crippen LogP contribution is -2.14. The van der Waals surface area contributed by atoms with Crippen molar-refractivity contribution in [1.82, 2.24) is 10.3 Å². The molecule has 1 rings (SSSR count). The van der Waals surface area contributed by atoms with E-state index in [1.54, 1.807) is 6.20 Å². The molecule has 3 nitrogen and oxygen atoms in total. The second kappa shape index (κ2) is 6.11. The summed E-state index contributed by atoms with van der Waals surface area (Å²) in [6.07, 6.45) is 4.07. The highest BCUT2D eigenvalue weighted by Crippen LogP contribution is 2.00. The van der Waals surface area contributed by atoms with E-state index in [9.17, 15) is 0 Å². The average Bonchev–Trinajstić information content (AvgIpc) is 2.25. The van der Waals surface area contributed by atoms with Gasteiger partial charge in [0.25, 0.3) is 0 Å². The van der Waals surface area contributed by atoms with E-state index in [1.807, 2.05) is 18.2 Å². The van der Waals surface area contributed by atoms with Crippen LogP contribution in [-0.2, 0) is 6.54 Å². The maximum atomic E-state index is 8.64. The van der Waals surface area contributed by atoms with E-state index in [-0.39, 0.29) is 0 Å². The van der Waals surface area contributed by atoms with E-state index in [4.69, 9.17) is 5.26 Å². The molecule has 0 aliphatic rings. The molecule has 3 heteroatoms. The molecule has 0 radical (unpaired) electrons. The molecule has 0 bridgehead atoms. The highest BCUT2D eigenvalue weighted by atomic mass is 14.8. The van der Waals surface area contributed by atoms with Crippen LogP contribution in [0.2, 0.25) is 0 Å². The Morgan fingerprint density at radius 1 is 1.57 bits per heavy atom. The summed E-state index contributed by atoms with van der Waals surface area (Å²) in [7, 11) is 0. The minimum Gasteiger partial charge on any atom is -0.313 e. The van der Waals surface area contributed by atoms with Gasteiger partial charge in [0.2, 0.25) is 0 Å². The van der Waals surface area contributed by atoms with Gasteiger partial charge in [-0.05, 0) is 30.7 Å². The monoisotopic (exact) mass is 189 g/mol. The first-order valence-corrected chi connectivity index (χ1v) is 4.92. The molecular formula is C11H15N3. The molecule has 0 atom stereocenters. The molecule has 0 unspecified atom stereocenters. The maximum Gasteiger partial charge on any atom is 0.140 e. The number of hydrogen-bond donors (Lipinski definition) is 1. The standard InChI is InChI=1S/C11H15N3/c1-2-3-5-13-9-10-4-6-14-11(7-10)8-12/h4,6-7,13H,2-3,5,9H2,1H3. The molecule has 1 N–H and O–H groups in total. The number of nitriles is 1. The van der Waals surface area contributed by atoms with Gasteiger partial charge in [0.1, 0.15) is 11.8 Å². The minimum absolute atomic E-state index is 0.486. The van der Waals surface area contributed by atoms with Crippen LogP contribution in [0.25, 0.3) is 0 Å². The first-order valence-electron chi connectivity index (χ1n) is 4.92. The summed E-state index contributed by atoms with van der Waals surface area (Å²) >= 11 is 0. The molecule has 0 aromatic carbocycles. The van der Waals surface area contributed by atoms with Crippen molar-refractivity contribution in [2.24, 2.45) is 0 Å². The van der Waals surface area contributed by atoms with Gasteiger partial charge in [-0.1, -0.05) is 13.3 Å². The van der Waals surface area contributed by atoms with Gasteiger partial charge in [-0.2, -0.15) is 5.26 Å². The molecule has 0 spiro atoms. The molecule has 0 amide bonds. The van der Waals surface area contributed by atoms with Crippen LogP contribution in [0.1, 0.15) is 31.0 Å². The minimum atomic E-state index is 0.486. The first-order chi connectivity index (χ1) is 6.86. The normalized spacial score (nSPS) is 9.71. The van der Waals surface area contributed by atoms with Crippen LogP contribution in [-0.4, -0.2) is 11.5 Å². The Kier molecular flexibility index (Phi) is 4.66. The van der Waals surface area contributed by atoms with Crippen molar-refractivity contribution in [2.45, 2.75) is 26.3 Å². The van der Waals surface area contributed by atoms with Crippen LogP contribution in [0.3, 0.4) is 0 Å². The van der Waals surface area contributed by atoms with E-state index < -0.39 is 0 Å². The SMILES string of the molecule is CCCCNCc1ccnc(C#N)c1. The van der Waals surface area contributed by atoms with Gasteiger partial charge in [0.05, 0.1) is 0 Å². The Labute approximate surface area is 84.8 Å². The van der Waals surface area contributed by atoms with E-state index in [1.165, 1.54) is 12.8 Å².